The van der Waals surface area contributed by atoms with Crippen LogP contribution in [0.1, 0.15) is 18.4 Å². The van der Waals surface area contributed by atoms with Crippen molar-refractivity contribution in [3.63, 3.8) is 0 Å². The number of likely N-dealkylation sites (tertiary alicyclic amines) is 1. The van der Waals surface area contributed by atoms with E-state index in [1.807, 2.05) is 12.1 Å². The minimum atomic E-state index is -4.75. The number of amides is 2. The number of hydrogen-bond acceptors (Lipinski definition) is 4. The van der Waals surface area contributed by atoms with Crippen LogP contribution in [0.15, 0.2) is 48.7 Å². The zero-order chi connectivity index (χ0) is 20.0. The molecule has 1 aromatic heterocycles. The smallest absolute Gasteiger partial charge is 0.474 e. The van der Waals surface area contributed by atoms with Crippen LogP contribution in [0.2, 0.25) is 0 Å². The molecule has 0 bridgehead atoms. The molecule has 3 rings (SSSR count). The first-order valence-corrected chi connectivity index (χ1v) is 8.84. The highest BCUT2D eigenvalue weighted by Crippen LogP contribution is 2.23. The Balaban J connectivity index is 1.44. The van der Waals surface area contributed by atoms with Gasteiger partial charge in [-0.3, -0.25) is 0 Å². The van der Waals surface area contributed by atoms with Gasteiger partial charge in [-0.1, -0.05) is 18.2 Å². The lowest BCUT2D eigenvalue weighted by molar-refractivity contribution is -0.274. The summed E-state index contributed by atoms with van der Waals surface area (Å²) in [4.78, 5) is 18.1. The molecule has 0 spiro atoms. The highest BCUT2D eigenvalue weighted by molar-refractivity contribution is 5.74. The summed E-state index contributed by atoms with van der Waals surface area (Å²) in [5.41, 5.74) is 0.517. The number of carbonyl (C=O) groups is 1. The third-order valence-corrected chi connectivity index (χ3v) is 4.23. The van der Waals surface area contributed by atoms with Gasteiger partial charge in [0.15, 0.2) is 0 Å². The summed E-state index contributed by atoms with van der Waals surface area (Å²) in [6, 6.07) is 10.7. The van der Waals surface area contributed by atoms with Gasteiger partial charge in [0.2, 0.25) is 5.88 Å². The molecule has 1 fully saturated rings. The second-order valence-electron chi connectivity index (χ2n) is 6.33. The molecule has 1 aliphatic rings. The second-order valence-corrected chi connectivity index (χ2v) is 6.33. The SMILES string of the molecule is O=C(NCc1cccc(OC(F)(F)F)c1)N1CCC(Oc2ccccn2)CC1. The highest BCUT2D eigenvalue weighted by Gasteiger charge is 2.31. The number of halogens is 3. The number of benzene rings is 1. The molecular formula is C19H20F3N3O3. The number of nitrogens with one attached hydrogen (secondary N) is 1. The number of aromatic nitrogens is 1. The average molecular weight is 395 g/mol. The molecule has 28 heavy (non-hydrogen) atoms. The normalized spacial score (nSPS) is 15.2. The van der Waals surface area contributed by atoms with Gasteiger partial charge in [0.05, 0.1) is 0 Å². The number of urea groups is 1. The van der Waals surface area contributed by atoms with Gasteiger partial charge in [0.25, 0.3) is 0 Å². The number of piperidine rings is 1. The van der Waals surface area contributed by atoms with Crippen molar-refractivity contribution in [3.05, 3.63) is 54.2 Å². The molecule has 0 aliphatic carbocycles. The van der Waals surface area contributed by atoms with Crippen molar-refractivity contribution in [2.24, 2.45) is 0 Å². The minimum absolute atomic E-state index is 0.00449. The van der Waals surface area contributed by atoms with Gasteiger partial charge in [0, 0.05) is 44.7 Å². The Morgan fingerprint density at radius 1 is 1.18 bits per heavy atom. The van der Waals surface area contributed by atoms with E-state index in [0.29, 0.717) is 37.4 Å². The molecule has 0 radical (unpaired) electrons. The quantitative estimate of drug-likeness (QED) is 0.838. The van der Waals surface area contributed by atoms with E-state index in [9.17, 15) is 18.0 Å². The first-order chi connectivity index (χ1) is 13.4. The first kappa shape index (κ1) is 19.8. The van der Waals surface area contributed by atoms with Crippen LogP contribution < -0.4 is 14.8 Å². The zero-order valence-corrected chi connectivity index (χ0v) is 15.0. The predicted molar refractivity (Wildman–Crippen MR) is 94.8 cm³/mol. The molecule has 1 saturated heterocycles. The number of rotatable bonds is 5. The number of alkyl halides is 3. The lowest BCUT2D eigenvalue weighted by Gasteiger charge is -2.32. The molecule has 9 heteroatoms. The van der Waals surface area contributed by atoms with Gasteiger partial charge in [-0.05, 0) is 23.8 Å². The molecule has 2 amide bonds. The van der Waals surface area contributed by atoms with Crippen LogP contribution >= 0.6 is 0 Å². The topological polar surface area (TPSA) is 63.7 Å². The molecule has 0 saturated carbocycles. The lowest BCUT2D eigenvalue weighted by Crippen LogP contribution is -2.46. The summed E-state index contributed by atoms with van der Waals surface area (Å²) in [6.07, 6.45) is -1.73. The van der Waals surface area contributed by atoms with E-state index < -0.39 is 6.36 Å². The van der Waals surface area contributed by atoms with Crippen molar-refractivity contribution >= 4 is 6.03 Å². The summed E-state index contributed by atoms with van der Waals surface area (Å²) < 4.78 is 46.5. The molecule has 1 aromatic carbocycles. The zero-order valence-electron chi connectivity index (χ0n) is 15.0. The molecule has 1 N–H and O–H groups in total. The molecule has 1 aliphatic heterocycles. The number of ether oxygens (including phenoxy) is 2. The van der Waals surface area contributed by atoms with E-state index in [0.717, 1.165) is 0 Å². The van der Waals surface area contributed by atoms with Crippen LogP contribution in [0.3, 0.4) is 0 Å². The Labute approximate surface area is 160 Å². The summed E-state index contributed by atoms with van der Waals surface area (Å²) in [5.74, 6) is 0.248. The molecule has 0 unspecified atom stereocenters. The van der Waals surface area contributed by atoms with Crippen LogP contribution in [-0.2, 0) is 6.54 Å². The Bertz CT molecular complexity index is 779. The molecule has 2 aromatic rings. The van der Waals surface area contributed by atoms with Crippen molar-refractivity contribution in [2.75, 3.05) is 13.1 Å². The fourth-order valence-electron chi connectivity index (χ4n) is 2.91. The highest BCUT2D eigenvalue weighted by atomic mass is 19.4. The van der Waals surface area contributed by atoms with Gasteiger partial charge >= 0.3 is 12.4 Å². The van der Waals surface area contributed by atoms with Crippen LogP contribution in [0.5, 0.6) is 11.6 Å². The van der Waals surface area contributed by atoms with Gasteiger partial charge < -0.3 is 19.7 Å². The van der Waals surface area contributed by atoms with E-state index in [4.69, 9.17) is 4.74 Å². The van der Waals surface area contributed by atoms with Crippen LogP contribution in [0, 0.1) is 0 Å². The van der Waals surface area contributed by atoms with E-state index in [2.05, 4.69) is 15.0 Å². The summed E-state index contributed by atoms with van der Waals surface area (Å²) in [6.45, 7) is 1.17. The van der Waals surface area contributed by atoms with Crippen molar-refractivity contribution in [1.29, 1.82) is 0 Å². The van der Waals surface area contributed by atoms with E-state index in [-0.39, 0.29) is 24.4 Å². The van der Waals surface area contributed by atoms with Gasteiger partial charge in [-0.2, -0.15) is 0 Å². The maximum absolute atomic E-state index is 12.3. The van der Waals surface area contributed by atoms with Crippen LogP contribution in [-0.4, -0.2) is 41.5 Å². The van der Waals surface area contributed by atoms with E-state index in [1.165, 1.54) is 18.2 Å². The Kier molecular flexibility index (Phi) is 6.23. The van der Waals surface area contributed by atoms with Crippen LogP contribution in [0.25, 0.3) is 0 Å². The molecule has 6 nitrogen and oxygen atoms in total. The second kappa shape index (κ2) is 8.81. The van der Waals surface area contributed by atoms with E-state index in [1.54, 1.807) is 23.2 Å². The minimum Gasteiger partial charge on any atom is -0.474 e. The first-order valence-electron chi connectivity index (χ1n) is 8.84. The number of pyridine rings is 1. The third-order valence-electron chi connectivity index (χ3n) is 4.23. The monoisotopic (exact) mass is 395 g/mol. The van der Waals surface area contributed by atoms with Crippen molar-refractivity contribution in [3.8, 4) is 11.6 Å². The average Bonchev–Trinajstić information content (AvgIpc) is 2.66. The number of carbonyl (C=O) groups excluding carboxylic acids is 1. The lowest BCUT2D eigenvalue weighted by atomic mass is 10.1. The Morgan fingerprint density at radius 2 is 1.96 bits per heavy atom. The number of nitrogens with zero attached hydrogens (tertiary/aromatic N) is 2. The summed E-state index contributed by atoms with van der Waals surface area (Å²) in [7, 11) is 0. The molecule has 150 valence electrons. The predicted octanol–water partition coefficient (Wildman–Crippen LogP) is 3.73. The van der Waals surface area contributed by atoms with Crippen molar-refractivity contribution in [1.82, 2.24) is 15.2 Å². The molecule has 2 heterocycles. The maximum Gasteiger partial charge on any atom is 0.573 e. The van der Waals surface area contributed by atoms with Gasteiger partial charge in [-0.25, -0.2) is 9.78 Å². The standard InChI is InChI=1S/C19H20F3N3O3/c20-19(21,22)28-16-5-3-4-14(12-16)13-24-18(26)25-10-7-15(8-11-25)27-17-6-1-2-9-23-17/h1-6,9,12,15H,7-8,10-11,13H2,(H,24,26). The Hall–Kier alpha value is -2.97. The Morgan fingerprint density at radius 3 is 2.64 bits per heavy atom. The van der Waals surface area contributed by atoms with Crippen molar-refractivity contribution < 1.29 is 27.4 Å². The fourth-order valence-corrected chi connectivity index (χ4v) is 2.91. The number of hydrogen-bond donors (Lipinski definition) is 1. The third kappa shape index (κ3) is 6.04. The van der Waals surface area contributed by atoms with Crippen molar-refractivity contribution in [2.45, 2.75) is 31.9 Å². The fraction of sp³-hybridized carbons (Fsp3) is 0.368. The molecular weight excluding hydrogens is 375 g/mol. The van der Waals surface area contributed by atoms with Gasteiger partial charge in [0.1, 0.15) is 11.9 Å². The summed E-state index contributed by atoms with van der Waals surface area (Å²) >= 11 is 0. The largest absolute Gasteiger partial charge is 0.573 e. The molecule has 0 atom stereocenters. The van der Waals surface area contributed by atoms with Crippen LogP contribution in [0.4, 0.5) is 18.0 Å². The maximum atomic E-state index is 12.3. The summed E-state index contributed by atoms with van der Waals surface area (Å²) in [5, 5.41) is 2.72. The van der Waals surface area contributed by atoms with E-state index >= 15 is 0 Å². The van der Waals surface area contributed by atoms with Gasteiger partial charge in [-0.15, -0.1) is 13.2 Å².